The van der Waals surface area contributed by atoms with Crippen LogP contribution < -0.4 is 4.90 Å². The number of hydrogen-bond acceptors (Lipinski definition) is 6. The molecule has 29 heavy (non-hydrogen) atoms. The summed E-state index contributed by atoms with van der Waals surface area (Å²) in [6, 6.07) is 18.0. The zero-order valence-electron chi connectivity index (χ0n) is 16.4. The summed E-state index contributed by atoms with van der Waals surface area (Å²) in [6.45, 7) is 3.31. The number of carbonyl (C=O) groups excluding carboxylic acids is 1. The van der Waals surface area contributed by atoms with Crippen molar-refractivity contribution in [2.75, 3.05) is 31.1 Å². The van der Waals surface area contributed by atoms with Crippen LogP contribution in [0.1, 0.15) is 12.0 Å². The lowest BCUT2D eigenvalue weighted by atomic mass is 10.2. The third-order valence-electron chi connectivity index (χ3n) is 5.07. The van der Waals surface area contributed by atoms with Crippen molar-refractivity contribution in [3.8, 4) is 11.4 Å². The summed E-state index contributed by atoms with van der Waals surface area (Å²) >= 11 is 0. The number of rotatable bonds is 4. The third-order valence-corrected chi connectivity index (χ3v) is 5.07. The van der Waals surface area contributed by atoms with Crippen molar-refractivity contribution < 1.29 is 9.53 Å². The number of aromatic nitrogens is 4. The molecule has 3 aromatic rings. The van der Waals surface area contributed by atoms with Gasteiger partial charge in [0.15, 0.2) is 5.82 Å². The molecular weight excluding hydrogens is 368 g/mol. The molecule has 1 aliphatic heterocycles. The molecule has 0 radical (unpaired) electrons. The van der Waals surface area contributed by atoms with Crippen LogP contribution in [0.25, 0.3) is 11.4 Å². The molecule has 1 fully saturated rings. The van der Waals surface area contributed by atoms with Gasteiger partial charge >= 0.3 is 6.09 Å². The van der Waals surface area contributed by atoms with Crippen molar-refractivity contribution >= 4 is 11.8 Å². The van der Waals surface area contributed by atoms with Crippen LogP contribution >= 0.6 is 0 Å². The van der Waals surface area contributed by atoms with Gasteiger partial charge in [-0.05, 0) is 46.7 Å². The molecule has 2 aromatic carbocycles. The Morgan fingerprint density at radius 3 is 2.52 bits per heavy atom. The van der Waals surface area contributed by atoms with Crippen LogP contribution in [0.3, 0.4) is 0 Å². The Kier molecular flexibility index (Phi) is 5.69. The number of tetrazole rings is 1. The molecule has 0 bridgehead atoms. The fraction of sp³-hybridized carbons (Fsp3) is 0.333. The van der Waals surface area contributed by atoms with E-state index in [1.807, 2.05) is 49.5 Å². The summed E-state index contributed by atoms with van der Waals surface area (Å²) in [5.74, 6) is 0.736. The lowest BCUT2D eigenvalue weighted by Crippen LogP contribution is -2.35. The van der Waals surface area contributed by atoms with Crippen molar-refractivity contribution in [3.63, 3.8) is 0 Å². The first kappa shape index (κ1) is 18.9. The molecular formula is C21H24N6O2. The van der Waals surface area contributed by atoms with Crippen molar-refractivity contribution in [2.24, 2.45) is 7.05 Å². The topological polar surface area (TPSA) is 76.4 Å². The maximum Gasteiger partial charge on any atom is 0.410 e. The van der Waals surface area contributed by atoms with E-state index in [0.29, 0.717) is 19.7 Å². The summed E-state index contributed by atoms with van der Waals surface area (Å²) in [6.07, 6.45) is 0.649. The first-order valence-electron chi connectivity index (χ1n) is 9.74. The molecule has 0 saturated carbocycles. The molecule has 1 amide bonds. The lowest BCUT2D eigenvalue weighted by Gasteiger charge is -2.23. The highest BCUT2D eigenvalue weighted by Crippen LogP contribution is 2.22. The van der Waals surface area contributed by atoms with E-state index < -0.39 is 0 Å². The Morgan fingerprint density at radius 1 is 1.00 bits per heavy atom. The van der Waals surface area contributed by atoms with Gasteiger partial charge in [-0.1, -0.05) is 30.3 Å². The quantitative estimate of drug-likeness (QED) is 0.680. The molecule has 0 spiro atoms. The molecule has 0 unspecified atom stereocenters. The summed E-state index contributed by atoms with van der Waals surface area (Å²) in [7, 11) is 1.82. The number of ether oxygens (including phenoxy) is 1. The number of aryl methyl sites for hydroxylation is 1. The van der Waals surface area contributed by atoms with Gasteiger partial charge in [-0.2, -0.15) is 0 Å². The van der Waals surface area contributed by atoms with Gasteiger partial charge in [0, 0.05) is 44.5 Å². The standard InChI is InChI=1S/C21H24N6O2/c1-25-20(22-23-24-25)18-8-10-19(11-9-18)26-12-5-13-27(15-14-26)21(28)29-16-17-6-3-2-4-7-17/h2-4,6-11H,5,12-16H2,1H3. The lowest BCUT2D eigenvalue weighted by molar-refractivity contribution is 0.0986. The number of hydrogen-bond donors (Lipinski definition) is 0. The number of carbonyl (C=O) groups is 1. The number of anilines is 1. The Balaban J connectivity index is 1.33. The normalized spacial score (nSPS) is 14.5. The predicted molar refractivity (Wildman–Crippen MR) is 109 cm³/mol. The van der Waals surface area contributed by atoms with Gasteiger partial charge in [-0.15, -0.1) is 5.10 Å². The number of amides is 1. The Bertz CT molecular complexity index is 941. The van der Waals surface area contributed by atoms with Gasteiger partial charge in [-0.3, -0.25) is 0 Å². The third kappa shape index (κ3) is 4.53. The zero-order valence-corrected chi connectivity index (χ0v) is 16.4. The zero-order chi connectivity index (χ0) is 20.1. The Morgan fingerprint density at radius 2 is 1.79 bits per heavy atom. The molecule has 0 atom stereocenters. The SMILES string of the molecule is Cn1nnnc1-c1ccc(N2CCCN(C(=O)OCc3ccccc3)CC2)cc1. The van der Waals surface area contributed by atoms with Gasteiger partial charge in [0.2, 0.25) is 0 Å². The van der Waals surface area contributed by atoms with E-state index in [2.05, 4.69) is 32.6 Å². The van der Waals surface area contributed by atoms with E-state index in [-0.39, 0.29) is 6.09 Å². The second-order valence-electron chi connectivity index (χ2n) is 7.04. The molecule has 8 heteroatoms. The summed E-state index contributed by atoms with van der Waals surface area (Å²) in [5.41, 5.74) is 3.10. The molecule has 4 rings (SSSR count). The molecule has 8 nitrogen and oxygen atoms in total. The highest BCUT2D eigenvalue weighted by atomic mass is 16.6. The van der Waals surface area contributed by atoms with E-state index in [9.17, 15) is 4.79 Å². The van der Waals surface area contributed by atoms with Crippen molar-refractivity contribution in [1.82, 2.24) is 25.1 Å². The van der Waals surface area contributed by atoms with Crippen LogP contribution in [0.15, 0.2) is 54.6 Å². The van der Waals surface area contributed by atoms with Gasteiger partial charge in [-0.25, -0.2) is 9.48 Å². The maximum absolute atomic E-state index is 12.4. The molecule has 150 valence electrons. The van der Waals surface area contributed by atoms with Gasteiger partial charge in [0.25, 0.3) is 0 Å². The Labute approximate surface area is 169 Å². The monoisotopic (exact) mass is 392 g/mol. The molecule has 0 N–H and O–H groups in total. The molecule has 0 aliphatic carbocycles. The second kappa shape index (κ2) is 8.72. The summed E-state index contributed by atoms with van der Waals surface area (Å²) in [4.78, 5) is 16.5. The minimum atomic E-state index is -0.249. The molecule has 1 aromatic heterocycles. The van der Waals surface area contributed by atoms with Crippen molar-refractivity contribution in [1.29, 1.82) is 0 Å². The van der Waals surface area contributed by atoms with Crippen molar-refractivity contribution in [2.45, 2.75) is 13.0 Å². The van der Waals surface area contributed by atoms with Gasteiger partial charge < -0.3 is 14.5 Å². The average Bonchev–Trinajstić information content (AvgIpc) is 3.04. The second-order valence-corrected chi connectivity index (χ2v) is 7.04. The van der Waals surface area contributed by atoms with Crippen molar-refractivity contribution in [3.05, 3.63) is 60.2 Å². The van der Waals surface area contributed by atoms with Crippen LogP contribution in [-0.2, 0) is 18.4 Å². The van der Waals surface area contributed by atoms with E-state index in [1.165, 1.54) is 0 Å². The number of benzene rings is 2. The predicted octanol–water partition coefficient (Wildman–Crippen LogP) is 2.73. The summed E-state index contributed by atoms with van der Waals surface area (Å²) in [5, 5.41) is 11.6. The molecule has 1 saturated heterocycles. The van der Waals surface area contributed by atoms with Gasteiger partial charge in [0.05, 0.1) is 0 Å². The van der Waals surface area contributed by atoms with Crippen LogP contribution in [0.5, 0.6) is 0 Å². The van der Waals surface area contributed by atoms with E-state index >= 15 is 0 Å². The van der Waals surface area contributed by atoms with Crippen LogP contribution in [0.4, 0.5) is 10.5 Å². The fourth-order valence-electron chi connectivity index (χ4n) is 3.46. The Hall–Kier alpha value is -3.42. The fourth-order valence-corrected chi connectivity index (χ4v) is 3.46. The van der Waals surface area contributed by atoms with Crippen LogP contribution in [0, 0.1) is 0 Å². The first-order chi connectivity index (χ1) is 14.2. The average molecular weight is 392 g/mol. The van der Waals surface area contributed by atoms with E-state index in [0.717, 1.165) is 42.1 Å². The van der Waals surface area contributed by atoms with E-state index in [1.54, 1.807) is 9.58 Å². The highest BCUT2D eigenvalue weighted by molar-refractivity contribution is 5.68. The summed E-state index contributed by atoms with van der Waals surface area (Å²) < 4.78 is 7.13. The van der Waals surface area contributed by atoms with Gasteiger partial charge in [0.1, 0.15) is 6.61 Å². The largest absolute Gasteiger partial charge is 0.445 e. The molecule has 2 heterocycles. The van der Waals surface area contributed by atoms with Crippen LogP contribution in [0.2, 0.25) is 0 Å². The smallest absolute Gasteiger partial charge is 0.410 e. The number of nitrogens with zero attached hydrogens (tertiary/aromatic N) is 6. The van der Waals surface area contributed by atoms with Crippen LogP contribution in [-0.4, -0.2) is 57.4 Å². The highest BCUT2D eigenvalue weighted by Gasteiger charge is 2.20. The minimum Gasteiger partial charge on any atom is -0.445 e. The minimum absolute atomic E-state index is 0.249. The molecule has 1 aliphatic rings. The van der Waals surface area contributed by atoms with E-state index in [4.69, 9.17) is 4.74 Å². The maximum atomic E-state index is 12.4. The first-order valence-corrected chi connectivity index (χ1v) is 9.74.